The predicted molar refractivity (Wildman–Crippen MR) is 79.7 cm³/mol. The molecule has 0 spiro atoms. The van der Waals surface area contributed by atoms with Gasteiger partial charge in [0.15, 0.2) is 5.70 Å². The summed E-state index contributed by atoms with van der Waals surface area (Å²) in [5.74, 6) is -0.366. The number of hydrogen-bond acceptors (Lipinski definition) is 6. The molecule has 0 aromatic heterocycles. The first-order valence-electron chi connectivity index (χ1n) is 6.35. The van der Waals surface area contributed by atoms with Crippen LogP contribution in [0.2, 0.25) is 0 Å². The zero-order chi connectivity index (χ0) is 14.9. The number of carbonyl (C=O) groups is 2. The summed E-state index contributed by atoms with van der Waals surface area (Å²) < 4.78 is 5.84. The van der Waals surface area contributed by atoms with E-state index >= 15 is 0 Å². The fourth-order valence-electron chi connectivity index (χ4n) is 2.18. The van der Waals surface area contributed by atoms with E-state index in [1.807, 2.05) is 6.92 Å². The monoisotopic (exact) mass is 315 g/mol. The number of ether oxygens (including phenoxy) is 1. The molecule has 0 bridgehead atoms. The minimum Gasteiger partial charge on any atom is -0.457 e. The summed E-state index contributed by atoms with van der Waals surface area (Å²) in [4.78, 5) is 25.6. The second kappa shape index (κ2) is 6.24. The van der Waals surface area contributed by atoms with Crippen LogP contribution in [-0.4, -0.2) is 45.7 Å². The Kier molecular flexibility index (Phi) is 4.82. The molecule has 2 heterocycles. The third-order valence-corrected chi connectivity index (χ3v) is 5.61. The van der Waals surface area contributed by atoms with Crippen LogP contribution in [0.1, 0.15) is 13.8 Å². The van der Waals surface area contributed by atoms with Crippen LogP contribution in [0.3, 0.4) is 0 Å². The van der Waals surface area contributed by atoms with Crippen LogP contribution < -0.4 is 0 Å². The molecule has 20 heavy (non-hydrogen) atoms. The molecule has 1 N–H and O–H groups in total. The lowest BCUT2D eigenvalue weighted by atomic mass is 9.92. The maximum atomic E-state index is 12.1. The number of β-lactam (4-membered cyclic amide) rings is 1. The van der Waals surface area contributed by atoms with Crippen molar-refractivity contribution in [1.82, 2.24) is 4.90 Å². The van der Waals surface area contributed by atoms with Gasteiger partial charge in [-0.25, -0.2) is 4.79 Å². The Morgan fingerprint density at radius 1 is 1.70 bits per heavy atom. The molecule has 1 unspecified atom stereocenters. The number of amides is 1. The molecule has 110 valence electrons. The number of hydrogen-bond donors (Lipinski definition) is 1. The van der Waals surface area contributed by atoms with Crippen molar-refractivity contribution in [2.45, 2.75) is 25.3 Å². The molecule has 1 saturated heterocycles. The first kappa shape index (κ1) is 15.5. The minimum atomic E-state index is -0.715. The fraction of sp³-hybridized carbons (Fsp3) is 0.538. The van der Waals surface area contributed by atoms with E-state index in [1.54, 1.807) is 6.92 Å². The van der Waals surface area contributed by atoms with Gasteiger partial charge in [-0.05, 0) is 12.7 Å². The van der Waals surface area contributed by atoms with Crippen LogP contribution in [0.25, 0.3) is 0 Å². The van der Waals surface area contributed by atoms with Gasteiger partial charge in [0.1, 0.15) is 12.0 Å². The highest BCUT2D eigenvalue weighted by molar-refractivity contribution is 8.22. The van der Waals surface area contributed by atoms with Crippen LogP contribution >= 0.6 is 23.5 Å². The predicted octanol–water partition coefficient (Wildman–Crippen LogP) is 1.55. The fourth-order valence-corrected chi connectivity index (χ4v) is 5.00. The molecule has 2 aliphatic rings. The maximum absolute atomic E-state index is 12.1. The van der Waals surface area contributed by atoms with Crippen molar-refractivity contribution in [3.8, 4) is 0 Å². The lowest BCUT2D eigenvalue weighted by Gasteiger charge is -2.43. The van der Waals surface area contributed by atoms with Crippen molar-refractivity contribution < 1.29 is 19.4 Å². The summed E-state index contributed by atoms with van der Waals surface area (Å²) in [6, 6.07) is 0. The summed E-state index contributed by atoms with van der Waals surface area (Å²) in [7, 11) is 0. The lowest BCUT2D eigenvalue weighted by molar-refractivity contribution is -0.157. The van der Waals surface area contributed by atoms with E-state index in [0.29, 0.717) is 5.70 Å². The molecular weight excluding hydrogens is 298 g/mol. The van der Waals surface area contributed by atoms with E-state index in [-0.39, 0.29) is 17.9 Å². The van der Waals surface area contributed by atoms with Gasteiger partial charge in [0.2, 0.25) is 5.91 Å². The van der Waals surface area contributed by atoms with Crippen molar-refractivity contribution in [3.63, 3.8) is 0 Å². The van der Waals surface area contributed by atoms with Gasteiger partial charge < -0.3 is 9.84 Å². The average molecular weight is 315 g/mol. The molecule has 5 nitrogen and oxygen atoms in total. The molecule has 7 heteroatoms. The van der Waals surface area contributed by atoms with Gasteiger partial charge >= 0.3 is 5.97 Å². The van der Waals surface area contributed by atoms with E-state index in [0.717, 1.165) is 9.99 Å². The Labute approximate surface area is 126 Å². The van der Waals surface area contributed by atoms with Crippen LogP contribution in [0.4, 0.5) is 0 Å². The zero-order valence-corrected chi connectivity index (χ0v) is 13.0. The first-order chi connectivity index (χ1) is 9.52. The Hall–Kier alpha value is -0.920. The third kappa shape index (κ3) is 2.49. The molecule has 0 aromatic rings. The largest absolute Gasteiger partial charge is 0.457 e. The quantitative estimate of drug-likeness (QED) is 0.456. The second-order valence-electron chi connectivity index (χ2n) is 4.44. The number of thioether (sulfide) groups is 2. The number of nitrogens with zero attached hydrogens (tertiary/aromatic N) is 1. The molecule has 0 aromatic carbocycles. The first-order valence-corrected chi connectivity index (χ1v) is 8.22. The highest BCUT2D eigenvalue weighted by atomic mass is 32.2. The second-order valence-corrected chi connectivity index (χ2v) is 7.10. The SMILES string of the molecule is C=CCOC(=O)C1=C(SCC)S[C@@H]2[C@@H](C(C)O)C(=O)N12. The summed E-state index contributed by atoms with van der Waals surface area (Å²) in [5, 5.41) is 9.46. The highest BCUT2D eigenvalue weighted by Crippen LogP contribution is 2.53. The minimum absolute atomic E-state index is 0.115. The summed E-state index contributed by atoms with van der Waals surface area (Å²) >= 11 is 2.97. The van der Waals surface area contributed by atoms with E-state index in [9.17, 15) is 14.7 Å². The van der Waals surface area contributed by atoms with Gasteiger partial charge in [-0.2, -0.15) is 0 Å². The maximum Gasteiger partial charge on any atom is 0.357 e. The van der Waals surface area contributed by atoms with E-state index < -0.39 is 18.0 Å². The summed E-state index contributed by atoms with van der Waals surface area (Å²) in [6.45, 7) is 7.19. The third-order valence-electron chi connectivity index (χ3n) is 3.07. The number of aliphatic hydroxyl groups excluding tert-OH is 1. The average Bonchev–Trinajstić information content (AvgIpc) is 2.70. The number of fused-ring (bicyclic) bond motifs is 1. The van der Waals surface area contributed by atoms with Crippen molar-refractivity contribution in [1.29, 1.82) is 0 Å². The van der Waals surface area contributed by atoms with Gasteiger partial charge in [0, 0.05) is 0 Å². The number of esters is 1. The summed E-state index contributed by atoms with van der Waals surface area (Å²) in [5.41, 5.74) is 0.315. The van der Waals surface area contributed by atoms with Crippen molar-refractivity contribution in [2.75, 3.05) is 12.4 Å². The molecule has 0 saturated carbocycles. The molecule has 0 aliphatic carbocycles. The highest BCUT2D eigenvalue weighted by Gasteiger charge is 2.57. The van der Waals surface area contributed by atoms with Crippen LogP contribution in [0.5, 0.6) is 0 Å². The standard InChI is InChI=1S/C13H17NO4S2/c1-4-6-18-12(17)9-13(19-5-2)20-11-8(7(3)15)10(16)14(9)11/h4,7-8,11,15H,1,5-6H2,2-3H3/t7?,8-,11+/m0/s1. The summed E-state index contributed by atoms with van der Waals surface area (Å²) in [6.07, 6.45) is 0.772. The Bertz CT molecular complexity index is 475. The van der Waals surface area contributed by atoms with Crippen LogP contribution in [0.15, 0.2) is 22.6 Å². The molecule has 2 rings (SSSR count). The molecule has 1 fully saturated rings. The van der Waals surface area contributed by atoms with Crippen molar-refractivity contribution in [2.24, 2.45) is 5.92 Å². The van der Waals surface area contributed by atoms with Crippen molar-refractivity contribution in [3.05, 3.63) is 22.6 Å². The smallest absolute Gasteiger partial charge is 0.357 e. The van der Waals surface area contributed by atoms with Gasteiger partial charge in [0.25, 0.3) is 0 Å². The Morgan fingerprint density at radius 2 is 2.40 bits per heavy atom. The van der Waals surface area contributed by atoms with Gasteiger partial charge in [-0.3, -0.25) is 9.69 Å². The van der Waals surface area contributed by atoms with E-state index in [4.69, 9.17) is 4.74 Å². The van der Waals surface area contributed by atoms with Gasteiger partial charge in [0.05, 0.1) is 16.3 Å². The molecule has 1 amide bonds. The normalized spacial score (nSPS) is 26.1. The number of rotatable bonds is 6. The zero-order valence-electron chi connectivity index (χ0n) is 11.4. The van der Waals surface area contributed by atoms with Crippen molar-refractivity contribution >= 4 is 35.4 Å². The Balaban J connectivity index is 2.21. The van der Waals surface area contributed by atoms with Gasteiger partial charge in [-0.1, -0.05) is 31.3 Å². The Morgan fingerprint density at radius 3 is 2.95 bits per heavy atom. The topological polar surface area (TPSA) is 66.8 Å². The van der Waals surface area contributed by atoms with Crippen LogP contribution in [0, 0.1) is 5.92 Å². The van der Waals surface area contributed by atoms with Crippen LogP contribution in [-0.2, 0) is 14.3 Å². The van der Waals surface area contributed by atoms with Gasteiger partial charge in [-0.15, -0.1) is 11.8 Å². The molecular formula is C13H17NO4S2. The van der Waals surface area contributed by atoms with E-state index in [1.165, 1.54) is 34.5 Å². The molecule has 0 radical (unpaired) electrons. The molecule has 3 atom stereocenters. The lowest BCUT2D eigenvalue weighted by Crippen LogP contribution is -2.60. The number of carbonyl (C=O) groups excluding carboxylic acids is 2. The number of aliphatic hydroxyl groups is 1. The van der Waals surface area contributed by atoms with E-state index in [2.05, 4.69) is 6.58 Å². The molecule has 2 aliphatic heterocycles.